The van der Waals surface area contributed by atoms with Crippen molar-refractivity contribution >= 4 is 27.7 Å². The van der Waals surface area contributed by atoms with E-state index in [4.69, 9.17) is 0 Å². The molecule has 2 rings (SSSR count). The molecule has 0 radical (unpaired) electrons. The van der Waals surface area contributed by atoms with Gasteiger partial charge in [0.2, 0.25) is 5.91 Å². The molecule has 0 aromatic carbocycles. The largest absolute Gasteiger partial charge is 0.312 e. The van der Waals surface area contributed by atoms with Crippen LogP contribution >= 0.6 is 15.9 Å². The smallest absolute Gasteiger partial charge is 0.239 e. The van der Waals surface area contributed by atoms with E-state index in [1.54, 1.807) is 6.20 Å². The van der Waals surface area contributed by atoms with Crippen molar-refractivity contribution in [1.82, 2.24) is 15.1 Å². The number of nitrogens with zero attached hydrogens (tertiary/aromatic N) is 2. The maximum atomic E-state index is 11.9. The average Bonchev–Trinajstić information content (AvgIpc) is 2.62. The number of carbonyl (C=O) groups is 1. The number of halogens is 1. The highest BCUT2D eigenvalue weighted by atomic mass is 79.9. The van der Waals surface area contributed by atoms with Gasteiger partial charge in [0.1, 0.15) is 5.82 Å². The Kier molecular flexibility index (Phi) is 3.83. The van der Waals surface area contributed by atoms with Crippen molar-refractivity contribution in [2.45, 2.75) is 24.7 Å². The van der Waals surface area contributed by atoms with Gasteiger partial charge in [0.25, 0.3) is 0 Å². The third kappa shape index (κ3) is 2.69. The first-order chi connectivity index (χ1) is 8.09. The van der Waals surface area contributed by atoms with Crippen molar-refractivity contribution in [3.8, 4) is 0 Å². The minimum absolute atomic E-state index is 0.0194. The zero-order valence-corrected chi connectivity index (χ0v) is 11.6. The Morgan fingerprint density at radius 3 is 2.88 bits per heavy atom. The highest BCUT2D eigenvalue weighted by Crippen LogP contribution is 2.19. The summed E-state index contributed by atoms with van der Waals surface area (Å²) in [5.41, 5.74) is 0. The Hall–Kier alpha value is -0.880. The fraction of sp³-hybridized carbons (Fsp3) is 0.636. The van der Waals surface area contributed by atoms with Crippen LogP contribution in [0.4, 0.5) is 5.82 Å². The Balaban J connectivity index is 2.03. The number of hydrogen-bond acceptors (Lipinski definition) is 3. The number of rotatable bonds is 4. The lowest BCUT2D eigenvalue weighted by Crippen LogP contribution is -2.44. The lowest BCUT2D eigenvalue weighted by Gasteiger charge is -2.29. The molecule has 0 aliphatic carbocycles. The van der Waals surface area contributed by atoms with Crippen LogP contribution in [0.5, 0.6) is 0 Å². The van der Waals surface area contributed by atoms with Gasteiger partial charge in [-0.1, -0.05) is 29.8 Å². The van der Waals surface area contributed by atoms with Gasteiger partial charge in [0.15, 0.2) is 0 Å². The molecule has 1 aliphatic heterocycles. The lowest BCUT2D eigenvalue weighted by molar-refractivity contribution is -0.116. The summed E-state index contributed by atoms with van der Waals surface area (Å²) < 4.78 is 1.87. The summed E-state index contributed by atoms with van der Waals surface area (Å²) in [7, 11) is 0. The number of amides is 1. The van der Waals surface area contributed by atoms with Crippen LogP contribution < -0.4 is 10.6 Å². The summed E-state index contributed by atoms with van der Waals surface area (Å²) in [5.74, 6) is 1.01. The van der Waals surface area contributed by atoms with E-state index >= 15 is 0 Å². The molecule has 2 heterocycles. The Morgan fingerprint density at radius 2 is 2.35 bits per heavy atom. The zero-order chi connectivity index (χ0) is 12.4. The second kappa shape index (κ2) is 5.18. The lowest BCUT2D eigenvalue weighted by atomic mass is 10.1. The van der Waals surface area contributed by atoms with Crippen LogP contribution in [0, 0.1) is 5.92 Å². The van der Waals surface area contributed by atoms with Gasteiger partial charge in [-0.05, 0) is 5.92 Å². The second-order valence-corrected chi connectivity index (χ2v) is 5.59. The maximum absolute atomic E-state index is 11.9. The van der Waals surface area contributed by atoms with Crippen LogP contribution in [0.15, 0.2) is 12.3 Å². The van der Waals surface area contributed by atoms with Crippen molar-refractivity contribution in [2.24, 2.45) is 5.92 Å². The van der Waals surface area contributed by atoms with E-state index in [1.165, 1.54) is 0 Å². The van der Waals surface area contributed by atoms with Crippen molar-refractivity contribution in [1.29, 1.82) is 0 Å². The normalized spacial score (nSPS) is 17.9. The molecular formula is C11H17BrN4O. The molecule has 1 amide bonds. The fourth-order valence-electron chi connectivity index (χ4n) is 1.65. The molecule has 1 atom stereocenters. The summed E-state index contributed by atoms with van der Waals surface area (Å²) in [5, 5.41) is 10.3. The quantitative estimate of drug-likeness (QED) is 0.826. The summed E-state index contributed by atoms with van der Waals surface area (Å²) in [6, 6.07) is 2.18. The molecule has 17 heavy (non-hydrogen) atoms. The number of nitrogens with one attached hydrogen (secondary N) is 2. The number of anilines is 1. The van der Waals surface area contributed by atoms with E-state index < -0.39 is 0 Å². The molecule has 0 spiro atoms. The molecule has 1 saturated heterocycles. The minimum atomic E-state index is -0.176. The molecule has 94 valence electrons. The van der Waals surface area contributed by atoms with Gasteiger partial charge >= 0.3 is 0 Å². The predicted octanol–water partition coefficient (Wildman–Crippen LogP) is 1.39. The van der Waals surface area contributed by atoms with E-state index in [2.05, 4.69) is 31.7 Å². The first kappa shape index (κ1) is 12.6. The highest BCUT2D eigenvalue weighted by Gasteiger charge is 2.24. The molecule has 5 nitrogen and oxygen atoms in total. The number of carbonyl (C=O) groups excluding carboxylic acids is 1. The first-order valence-electron chi connectivity index (χ1n) is 5.78. The summed E-state index contributed by atoms with van der Waals surface area (Å²) >= 11 is 3.39. The Morgan fingerprint density at radius 1 is 1.65 bits per heavy atom. The van der Waals surface area contributed by atoms with Gasteiger partial charge in [-0.3, -0.25) is 4.79 Å². The monoisotopic (exact) mass is 300 g/mol. The number of alkyl halides is 1. The molecular weight excluding hydrogens is 284 g/mol. The Labute approximate surface area is 109 Å². The van der Waals surface area contributed by atoms with Crippen molar-refractivity contribution in [3.63, 3.8) is 0 Å². The van der Waals surface area contributed by atoms with Gasteiger partial charge in [0, 0.05) is 19.2 Å². The van der Waals surface area contributed by atoms with Crippen LogP contribution in [0.2, 0.25) is 0 Å². The first-order valence-corrected chi connectivity index (χ1v) is 6.70. The van der Waals surface area contributed by atoms with E-state index in [1.807, 2.05) is 24.6 Å². The van der Waals surface area contributed by atoms with E-state index in [9.17, 15) is 4.79 Å². The standard InChI is InChI=1S/C11H17BrN4O/c1-7(2)10(12)11(17)15-9-3-4-14-16(9)8-5-13-6-8/h3-4,7-8,10,13H,5-6H2,1-2H3,(H,15,17). The molecule has 1 aliphatic rings. The van der Waals surface area contributed by atoms with Crippen LogP contribution in [0.3, 0.4) is 0 Å². The molecule has 1 fully saturated rings. The van der Waals surface area contributed by atoms with Crippen molar-refractivity contribution in [3.05, 3.63) is 12.3 Å². The van der Waals surface area contributed by atoms with Gasteiger partial charge in [0.05, 0.1) is 17.1 Å². The van der Waals surface area contributed by atoms with Gasteiger partial charge in [-0.2, -0.15) is 5.10 Å². The van der Waals surface area contributed by atoms with E-state index in [0.29, 0.717) is 6.04 Å². The fourth-order valence-corrected chi connectivity index (χ4v) is 1.76. The predicted molar refractivity (Wildman–Crippen MR) is 70.3 cm³/mol. The highest BCUT2D eigenvalue weighted by molar-refractivity contribution is 9.10. The van der Waals surface area contributed by atoms with E-state index in [-0.39, 0.29) is 16.7 Å². The molecule has 1 aromatic rings. The minimum Gasteiger partial charge on any atom is -0.312 e. The average molecular weight is 301 g/mol. The molecule has 6 heteroatoms. The van der Waals surface area contributed by atoms with Gasteiger partial charge in [-0.25, -0.2) is 4.68 Å². The molecule has 1 unspecified atom stereocenters. The third-order valence-electron chi connectivity index (χ3n) is 2.86. The molecule has 0 bridgehead atoms. The zero-order valence-electron chi connectivity index (χ0n) is 9.98. The summed E-state index contributed by atoms with van der Waals surface area (Å²) in [6.45, 7) is 5.83. The maximum Gasteiger partial charge on any atom is 0.239 e. The second-order valence-electron chi connectivity index (χ2n) is 4.61. The van der Waals surface area contributed by atoms with Crippen LogP contribution in [-0.4, -0.2) is 33.6 Å². The third-order valence-corrected chi connectivity index (χ3v) is 4.34. The van der Waals surface area contributed by atoms with E-state index in [0.717, 1.165) is 18.9 Å². The van der Waals surface area contributed by atoms with Gasteiger partial charge in [-0.15, -0.1) is 0 Å². The molecule has 0 saturated carbocycles. The molecule has 2 N–H and O–H groups in total. The topological polar surface area (TPSA) is 59.0 Å². The van der Waals surface area contributed by atoms with Crippen LogP contribution in [0.25, 0.3) is 0 Å². The van der Waals surface area contributed by atoms with Crippen LogP contribution in [0.1, 0.15) is 19.9 Å². The van der Waals surface area contributed by atoms with Crippen LogP contribution in [-0.2, 0) is 4.79 Å². The summed E-state index contributed by atoms with van der Waals surface area (Å²) in [4.78, 5) is 11.7. The van der Waals surface area contributed by atoms with Gasteiger partial charge < -0.3 is 10.6 Å². The Bertz CT molecular complexity index is 400. The number of aromatic nitrogens is 2. The number of hydrogen-bond donors (Lipinski definition) is 2. The summed E-state index contributed by atoms with van der Waals surface area (Å²) in [6.07, 6.45) is 1.71. The molecule has 1 aromatic heterocycles. The van der Waals surface area contributed by atoms with Crippen molar-refractivity contribution < 1.29 is 4.79 Å². The SMILES string of the molecule is CC(C)C(Br)C(=O)Nc1ccnn1C1CNC1. The van der Waals surface area contributed by atoms with Crippen molar-refractivity contribution in [2.75, 3.05) is 18.4 Å².